The number of hydrogen-bond acceptors (Lipinski definition) is 8. The van der Waals surface area contributed by atoms with E-state index in [1.165, 1.54) is 77.1 Å². The lowest BCUT2D eigenvalue weighted by Gasteiger charge is -2.54. The lowest BCUT2D eigenvalue weighted by atomic mass is 9.72. The third-order valence-corrected chi connectivity index (χ3v) is 9.23. The van der Waals surface area contributed by atoms with Crippen LogP contribution in [0.2, 0.25) is 0 Å². The van der Waals surface area contributed by atoms with Crippen LogP contribution in [0.1, 0.15) is 43.2 Å². The van der Waals surface area contributed by atoms with Gasteiger partial charge >= 0.3 is 0 Å². The zero-order valence-electron chi connectivity index (χ0n) is 26.3. The average Bonchev–Trinajstić information content (AvgIpc) is 3.04. The molecular weight excluding hydrogens is 532 g/mol. The highest BCUT2D eigenvalue weighted by molar-refractivity contribution is 5.86. The van der Waals surface area contributed by atoms with Gasteiger partial charge in [-0.05, 0) is 88.7 Å². The number of allylic oxidation sites excluding steroid dienone is 2. The van der Waals surface area contributed by atoms with E-state index in [9.17, 15) is 0 Å². The molecule has 0 bridgehead atoms. The molecule has 2 N–H and O–H groups in total. The highest BCUT2D eigenvalue weighted by atomic mass is 15.3. The van der Waals surface area contributed by atoms with Crippen molar-refractivity contribution in [2.24, 2.45) is 5.41 Å². The predicted molar refractivity (Wildman–Crippen MR) is 181 cm³/mol. The van der Waals surface area contributed by atoms with Gasteiger partial charge in [-0.1, -0.05) is 31.7 Å². The van der Waals surface area contributed by atoms with E-state index < -0.39 is 0 Å². The van der Waals surface area contributed by atoms with Gasteiger partial charge in [0.05, 0.1) is 11.7 Å². The summed E-state index contributed by atoms with van der Waals surface area (Å²) < 4.78 is 0. The summed E-state index contributed by atoms with van der Waals surface area (Å²) >= 11 is 0. The number of likely N-dealkylation sites (N-methyl/N-ethyl adjacent to an activating group) is 1. The minimum Gasteiger partial charge on any atom is -0.390 e. The number of likely N-dealkylation sites (tertiary alicyclic amines) is 2. The Bertz CT molecular complexity index is 1420. The minimum absolute atomic E-state index is 0.568. The lowest BCUT2D eigenvalue weighted by molar-refractivity contribution is 0.0900. The number of rotatable bonds is 8. The van der Waals surface area contributed by atoms with E-state index in [1.54, 1.807) is 6.20 Å². The molecule has 0 unspecified atom stereocenters. The molecule has 3 fully saturated rings. The van der Waals surface area contributed by atoms with E-state index in [4.69, 9.17) is 0 Å². The second kappa shape index (κ2) is 14.1. The van der Waals surface area contributed by atoms with Crippen molar-refractivity contribution >= 4 is 34.2 Å². The predicted octanol–water partition coefficient (Wildman–Crippen LogP) is 5.53. The second-order valence-electron chi connectivity index (χ2n) is 12.2. The summed E-state index contributed by atoms with van der Waals surface area (Å²) in [6.45, 7) is 16.0. The first-order valence-corrected chi connectivity index (χ1v) is 15.7. The highest BCUT2D eigenvalue weighted by Crippen LogP contribution is 2.41. The quantitative estimate of drug-likeness (QED) is 0.337. The van der Waals surface area contributed by atoms with Gasteiger partial charge in [0.15, 0.2) is 0 Å². The normalized spacial score (nSPS) is 19.1. The van der Waals surface area contributed by atoms with Crippen molar-refractivity contribution in [3.05, 3.63) is 78.9 Å². The van der Waals surface area contributed by atoms with E-state index in [1.807, 2.05) is 50.8 Å². The van der Waals surface area contributed by atoms with Gasteiger partial charge in [0, 0.05) is 73.8 Å². The maximum atomic E-state index is 4.58. The summed E-state index contributed by atoms with van der Waals surface area (Å²) in [4.78, 5) is 20.7. The molecular formula is C35H48N8. The molecule has 0 aromatic carbocycles. The van der Waals surface area contributed by atoms with E-state index in [-0.39, 0.29) is 0 Å². The molecule has 0 amide bonds. The third kappa shape index (κ3) is 7.43. The molecule has 3 aromatic rings. The summed E-state index contributed by atoms with van der Waals surface area (Å²) in [6.07, 6.45) is 16.0. The fourth-order valence-electron chi connectivity index (χ4n) is 6.44. The smallest absolute Gasteiger partial charge is 0.129 e. The van der Waals surface area contributed by atoms with Gasteiger partial charge in [-0.15, -0.1) is 0 Å². The fraction of sp³-hybridized carbons (Fsp3) is 0.457. The van der Waals surface area contributed by atoms with Gasteiger partial charge in [-0.25, -0.2) is 9.97 Å². The Balaban J connectivity index is 0.000000180. The molecule has 3 aliphatic rings. The van der Waals surface area contributed by atoms with Crippen LogP contribution in [-0.2, 0) is 0 Å². The van der Waals surface area contributed by atoms with Crippen LogP contribution >= 0.6 is 0 Å². The number of anilines is 2. The molecule has 6 heterocycles. The number of aromatic nitrogens is 3. The first kappa shape index (κ1) is 30.7. The van der Waals surface area contributed by atoms with Crippen molar-refractivity contribution in [1.82, 2.24) is 30.1 Å². The lowest BCUT2D eigenvalue weighted by Crippen LogP contribution is -2.60. The van der Waals surface area contributed by atoms with Gasteiger partial charge in [0.25, 0.3) is 0 Å². The fourth-order valence-corrected chi connectivity index (χ4v) is 6.44. The molecule has 43 heavy (non-hydrogen) atoms. The van der Waals surface area contributed by atoms with Crippen LogP contribution in [0.5, 0.6) is 0 Å². The molecule has 8 heteroatoms. The van der Waals surface area contributed by atoms with Crippen LogP contribution < -0.4 is 15.5 Å². The Morgan fingerprint density at radius 1 is 0.953 bits per heavy atom. The number of hydrogen-bond donors (Lipinski definition) is 2. The molecule has 0 aliphatic carbocycles. The van der Waals surface area contributed by atoms with Gasteiger partial charge < -0.3 is 20.4 Å². The summed E-state index contributed by atoms with van der Waals surface area (Å²) in [6, 6.07) is 8.32. The molecule has 3 aromatic heterocycles. The van der Waals surface area contributed by atoms with E-state index >= 15 is 0 Å². The summed E-state index contributed by atoms with van der Waals surface area (Å²) in [5.41, 5.74) is 6.01. The SMILES string of the molecule is C=C/C(=C(/CN1CCCCC1)NC)c1cnc2cnc(NC)cc2c1.C=Cc1ccnc(N2CC3(CCN(C)CC3)C2)c1. The first-order chi connectivity index (χ1) is 21.0. The standard InChI is InChI=1S/C20H27N5.C15H21N3/c1-4-17(19(21-2)14-25-8-6-5-7-9-25)16-10-15-11-20(22-3)24-13-18(15)23-12-16;1-3-13-4-7-16-14(10-13)18-11-15(12-18)5-8-17(2)9-6-15/h4,10-13,21H,1,5-9,14H2,2-3H3,(H,22,24);3-4,7,10H,1,5-6,8-9,11-12H2,2H3/b19-17+;. The molecule has 3 saturated heterocycles. The summed E-state index contributed by atoms with van der Waals surface area (Å²) in [7, 11) is 6.08. The molecule has 8 nitrogen and oxygen atoms in total. The Labute approximate surface area is 257 Å². The molecule has 0 saturated carbocycles. The molecule has 0 radical (unpaired) electrons. The average molecular weight is 581 g/mol. The van der Waals surface area contributed by atoms with Crippen LogP contribution in [0.4, 0.5) is 11.6 Å². The van der Waals surface area contributed by atoms with Crippen molar-refractivity contribution in [2.45, 2.75) is 32.1 Å². The molecule has 3 aliphatic heterocycles. The largest absolute Gasteiger partial charge is 0.390 e. The third-order valence-electron chi connectivity index (χ3n) is 9.23. The second-order valence-corrected chi connectivity index (χ2v) is 12.2. The van der Waals surface area contributed by atoms with Crippen LogP contribution in [0, 0.1) is 5.41 Å². The van der Waals surface area contributed by atoms with E-state index in [0.717, 1.165) is 45.8 Å². The van der Waals surface area contributed by atoms with Crippen molar-refractivity contribution in [1.29, 1.82) is 0 Å². The molecule has 1 spiro atoms. The topological polar surface area (TPSA) is 72.4 Å². The maximum Gasteiger partial charge on any atom is 0.129 e. The van der Waals surface area contributed by atoms with Crippen LogP contribution in [0.25, 0.3) is 22.6 Å². The van der Waals surface area contributed by atoms with E-state index in [0.29, 0.717) is 5.41 Å². The zero-order valence-corrected chi connectivity index (χ0v) is 26.3. The number of piperidine rings is 2. The Morgan fingerprint density at radius 2 is 1.72 bits per heavy atom. The van der Waals surface area contributed by atoms with E-state index in [2.05, 4.69) is 72.6 Å². The van der Waals surface area contributed by atoms with Crippen LogP contribution in [0.15, 0.2) is 67.8 Å². The zero-order chi connectivity index (χ0) is 30.2. The molecule has 6 rings (SSSR count). The van der Waals surface area contributed by atoms with Crippen molar-refractivity contribution in [3.63, 3.8) is 0 Å². The summed E-state index contributed by atoms with van der Waals surface area (Å²) in [5.74, 6) is 1.95. The Morgan fingerprint density at radius 3 is 2.40 bits per heavy atom. The Kier molecular flexibility index (Phi) is 10.1. The van der Waals surface area contributed by atoms with Crippen LogP contribution in [0.3, 0.4) is 0 Å². The Hall–Kier alpha value is -3.75. The number of nitrogens with zero attached hydrogens (tertiary/aromatic N) is 6. The monoisotopic (exact) mass is 580 g/mol. The maximum absolute atomic E-state index is 4.58. The number of pyridine rings is 3. The molecule has 0 atom stereocenters. The highest BCUT2D eigenvalue weighted by Gasteiger charge is 2.44. The van der Waals surface area contributed by atoms with Crippen molar-refractivity contribution < 1.29 is 0 Å². The van der Waals surface area contributed by atoms with Gasteiger partial charge in [-0.2, -0.15) is 0 Å². The number of nitrogens with one attached hydrogen (secondary N) is 2. The van der Waals surface area contributed by atoms with Gasteiger partial charge in [0.2, 0.25) is 0 Å². The molecule has 228 valence electrons. The number of fused-ring (bicyclic) bond motifs is 1. The minimum atomic E-state index is 0.568. The van der Waals surface area contributed by atoms with Gasteiger partial charge in [0.1, 0.15) is 11.6 Å². The van der Waals surface area contributed by atoms with Crippen molar-refractivity contribution in [3.8, 4) is 0 Å². The van der Waals surface area contributed by atoms with Crippen molar-refractivity contribution in [2.75, 3.05) is 77.2 Å². The van der Waals surface area contributed by atoms with Gasteiger partial charge in [-0.3, -0.25) is 9.88 Å². The van der Waals surface area contributed by atoms with Crippen LogP contribution in [-0.4, -0.2) is 91.7 Å². The first-order valence-electron chi connectivity index (χ1n) is 15.7. The summed E-state index contributed by atoms with van der Waals surface area (Å²) in [5, 5.41) is 7.54.